The van der Waals surface area contributed by atoms with Crippen LogP contribution in [-0.2, 0) is 4.79 Å². The van der Waals surface area contributed by atoms with E-state index < -0.39 is 6.04 Å². The SMILES string of the molecule is CC(=O)N[C@H](CO)c1cccc(N(C)C)n1. The van der Waals surface area contributed by atoms with Gasteiger partial charge >= 0.3 is 0 Å². The number of aliphatic hydroxyl groups is 1. The van der Waals surface area contributed by atoms with Gasteiger partial charge in [0.15, 0.2) is 0 Å². The Bertz CT molecular complexity index is 366. The number of amides is 1. The van der Waals surface area contributed by atoms with Crippen molar-refractivity contribution >= 4 is 11.7 Å². The van der Waals surface area contributed by atoms with Crippen LogP contribution in [0.15, 0.2) is 18.2 Å². The molecule has 0 aliphatic heterocycles. The van der Waals surface area contributed by atoms with Crippen LogP contribution in [-0.4, -0.2) is 36.7 Å². The fourth-order valence-electron chi connectivity index (χ4n) is 1.34. The molecule has 16 heavy (non-hydrogen) atoms. The highest BCUT2D eigenvalue weighted by Crippen LogP contribution is 2.14. The number of aliphatic hydroxyl groups excluding tert-OH is 1. The first-order valence-corrected chi connectivity index (χ1v) is 5.07. The maximum atomic E-state index is 10.9. The molecule has 1 heterocycles. The number of hydrogen-bond acceptors (Lipinski definition) is 4. The van der Waals surface area contributed by atoms with E-state index in [2.05, 4.69) is 10.3 Å². The summed E-state index contributed by atoms with van der Waals surface area (Å²) < 4.78 is 0. The fraction of sp³-hybridized carbons (Fsp3) is 0.455. The van der Waals surface area contributed by atoms with Gasteiger partial charge in [-0.25, -0.2) is 4.98 Å². The number of carbonyl (C=O) groups excluding carboxylic acids is 1. The molecule has 1 amide bonds. The first-order valence-electron chi connectivity index (χ1n) is 5.07. The summed E-state index contributed by atoms with van der Waals surface area (Å²) in [5, 5.41) is 11.8. The Balaban J connectivity index is 2.92. The zero-order chi connectivity index (χ0) is 12.1. The number of nitrogens with zero attached hydrogens (tertiary/aromatic N) is 2. The molecule has 1 rings (SSSR count). The van der Waals surface area contributed by atoms with E-state index >= 15 is 0 Å². The van der Waals surface area contributed by atoms with Gasteiger partial charge in [0, 0.05) is 21.0 Å². The fourth-order valence-corrected chi connectivity index (χ4v) is 1.34. The molecule has 5 nitrogen and oxygen atoms in total. The first-order chi connectivity index (χ1) is 7.54. The summed E-state index contributed by atoms with van der Waals surface area (Å²) in [6.07, 6.45) is 0. The van der Waals surface area contributed by atoms with Gasteiger partial charge in [-0.1, -0.05) is 6.07 Å². The molecule has 0 saturated heterocycles. The van der Waals surface area contributed by atoms with Crippen LogP contribution in [0.2, 0.25) is 0 Å². The van der Waals surface area contributed by atoms with Crippen LogP contribution in [0.3, 0.4) is 0 Å². The predicted octanol–water partition coefficient (Wildman–Crippen LogP) is 0.317. The molecule has 0 saturated carbocycles. The highest BCUT2D eigenvalue weighted by molar-refractivity contribution is 5.73. The molecule has 5 heteroatoms. The summed E-state index contributed by atoms with van der Waals surface area (Å²) in [6, 6.07) is 5.05. The number of aromatic nitrogens is 1. The van der Waals surface area contributed by atoms with Crippen molar-refractivity contribution in [3.8, 4) is 0 Å². The Morgan fingerprint density at radius 2 is 2.25 bits per heavy atom. The highest BCUT2D eigenvalue weighted by atomic mass is 16.3. The molecule has 1 atom stereocenters. The van der Waals surface area contributed by atoms with Gasteiger partial charge in [-0.05, 0) is 12.1 Å². The first kappa shape index (κ1) is 12.4. The maximum absolute atomic E-state index is 10.9. The van der Waals surface area contributed by atoms with Crippen molar-refractivity contribution in [1.82, 2.24) is 10.3 Å². The van der Waals surface area contributed by atoms with E-state index in [1.807, 2.05) is 31.1 Å². The monoisotopic (exact) mass is 223 g/mol. The zero-order valence-corrected chi connectivity index (χ0v) is 9.77. The third-order valence-corrected chi connectivity index (χ3v) is 2.13. The van der Waals surface area contributed by atoms with Crippen molar-refractivity contribution in [3.05, 3.63) is 23.9 Å². The maximum Gasteiger partial charge on any atom is 0.217 e. The van der Waals surface area contributed by atoms with Crippen LogP contribution in [0.1, 0.15) is 18.7 Å². The summed E-state index contributed by atoms with van der Waals surface area (Å²) in [6.45, 7) is 1.25. The summed E-state index contributed by atoms with van der Waals surface area (Å²) >= 11 is 0. The molecule has 1 aromatic rings. The van der Waals surface area contributed by atoms with E-state index in [0.717, 1.165) is 5.82 Å². The number of carbonyl (C=O) groups is 1. The van der Waals surface area contributed by atoms with E-state index in [9.17, 15) is 9.90 Å². The molecule has 2 N–H and O–H groups in total. The van der Waals surface area contributed by atoms with Gasteiger partial charge in [0.25, 0.3) is 0 Å². The second kappa shape index (κ2) is 5.46. The minimum Gasteiger partial charge on any atom is -0.394 e. The average Bonchev–Trinajstić information content (AvgIpc) is 2.25. The van der Waals surface area contributed by atoms with Crippen molar-refractivity contribution in [2.24, 2.45) is 0 Å². The smallest absolute Gasteiger partial charge is 0.217 e. The molecule has 0 radical (unpaired) electrons. The van der Waals surface area contributed by atoms with Gasteiger partial charge in [-0.15, -0.1) is 0 Å². The van der Waals surface area contributed by atoms with E-state index in [1.54, 1.807) is 6.07 Å². The van der Waals surface area contributed by atoms with Crippen LogP contribution in [0, 0.1) is 0 Å². The third-order valence-electron chi connectivity index (χ3n) is 2.13. The van der Waals surface area contributed by atoms with Crippen LogP contribution >= 0.6 is 0 Å². The number of hydrogen-bond donors (Lipinski definition) is 2. The standard InChI is InChI=1S/C11H17N3O2/c1-8(16)12-10(7-15)9-5-4-6-11(13-9)14(2)3/h4-6,10,15H,7H2,1-3H3,(H,12,16)/t10-/m1/s1. The highest BCUT2D eigenvalue weighted by Gasteiger charge is 2.13. The normalized spacial score (nSPS) is 12.0. The van der Waals surface area contributed by atoms with Crippen LogP contribution in [0.5, 0.6) is 0 Å². The van der Waals surface area contributed by atoms with Gasteiger partial charge in [-0.3, -0.25) is 4.79 Å². The summed E-state index contributed by atoms with van der Waals surface area (Å²) in [5.41, 5.74) is 0.656. The van der Waals surface area contributed by atoms with Gasteiger partial charge in [0.2, 0.25) is 5.91 Å². The largest absolute Gasteiger partial charge is 0.394 e. The molecular weight excluding hydrogens is 206 g/mol. The molecule has 0 aromatic carbocycles. The Labute approximate surface area is 95.1 Å². The van der Waals surface area contributed by atoms with Crippen molar-refractivity contribution in [1.29, 1.82) is 0 Å². The molecule has 0 aliphatic rings. The summed E-state index contributed by atoms with van der Waals surface area (Å²) in [4.78, 5) is 17.2. The van der Waals surface area contributed by atoms with E-state index in [0.29, 0.717) is 5.69 Å². The van der Waals surface area contributed by atoms with Crippen LogP contribution < -0.4 is 10.2 Å². The van der Waals surface area contributed by atoms with E-state index in [1.165, 1.54) is 6.92 Å². The number of anilines is 1. The Hall–Kier alpha value is -1.62. The molecule has 0 spiro atoms. The molecule has 0 aliphatic carbocycles. The summed E-state index contributed by atoms with van der Waals surface area (Å²) in [5.74, 6) is 0.609. The van der Waals surface area contributed by atoms with Crippen molar-refractivity contribution < 1.29 is 9.90 Å². The Morgan fingerprint density at radius 3 is 2.75 bits per heavy atom. The molecule has 0 unspecified atom stereocenters. The van der Waals surface area contributed by atoms with Crippen LogP contribution in [0.25, 0.3) is 0 Å². The second-order valence-electron chi connectivity index (χ2n) is 3.75. The Morgan fingerprint density at radius 1 is 1.56 bits per heavy atom. The quantitative estimate of drug-likeness (QED) is 0.771. The van der Waals surface area contributed by atoms with Gasteiger partial charge in [-0.2, -0.15) is 0 Å². The van der Waals surface area contributed by atoms with Crippen LogP contribution in [0.4, 0.5) is 5.82 Å². The van der Waals surface area contributed by atoms with Crippen molar-refractivity contribution in [3.63, 3.8) is 0 Å². The topological polar surface area (TPSA) is 65.5 Å². The molecule has 1 aromatic heterocycles. The lowest BCUT2D eigenvalue weighted by atomic mass is 10.2. The lowest BCUT2D eigenvalue weighted by molar-refractivity contribution is -0.120. The predicted molar refractivity (Wildman–Crippen MR) is 62.2 cm³/mol. The number of pyridine rings is 1. The molecule has 0 bridgehead atoms. The zero-order valence-electron chi connectivity index (χ0n) is 9.77. The Kier molecular flexibility index (Phi) is 4.25. The van der Waals surface area contributed by atoms with Gasteiger partial charge in [0.1, 0.15) is 5.82 Å². The van der Waals surface area contributed by atoms with Gasteiger partial charge < -0.3 is 15.3 Å². The summed E-state index contributed by atoms with van der Waals surface area (Å²) in [7, 11) is 3.77. The van der Waals surface area contributed by atoms with Gasteiger partial charge in [0.05, 0.1) is 18.3 Å². The van der Waals surface area contributed by atoms with Crippen molar-refractivity contribution in [2.75, 3.05) is 25.6 Å². The lowest BCUT2D eigenvalue weighted by Gasteiger charge is -2.17. The minimum absolute atomic E-state index is 0.163. The average molecular weight is 223 g/mol. The molecular formula is C11H17N3O2. The number of nitrogens with one attached hydrogen (secondary N) is 1. The lowest BCUT2D eigenvalue weighted by Crippen LogP contribution is -2.29. The van der Waals surface area contributed by atoms with E-state index in [4.69, 9.17) is 0 Å². The number of rotatable bonds is 4. The minimum atomic E-state index is -0.447. The molecule has 88 valence electrons. The third kappa shape index (κ3) is 3.20. The van der Waals surface area contributed by atoms with Crippen molar-refractivity contribution in [2.45, 2.75) is 13.0 Å². The molecule has 0 fully saturated rings. The second-order valence-corrected chi connectivity index (χ2v) is 3.75. The van der Waals surface area contributed by atoms with E-state index in [-0.39, 0.29) is 12.5 Å².